The van der Waals surface area contributed by atoms with Crippen molar-refractivity contribution in [2.24, 2.45) is 17.6 Å². The third-order valence-corrected chi connectivity index (χ3v) is 4.33. The number of hydrogen-bond donors (Lipinski definition) is 1. The van der Waals surface area contributed by atoms with Crippen LogP contribution in [0.2, 0.25) is 0 Å². The summed E-state index contributed by atoms with van der Waals surface area (Å²) in [4.78, 5) is 12.6. The van der Waals surface area contributed by atoms with E-state index in [2.05, 4.69) is 19.1 Å². The Labute approximate surface area is 116 Å². The Kier molecular flexibility index (Phi) is 5.15. The van der Waals surface area contributed by atoms with Gasteiger partial charge < -0.3 is 5.73 Å². The third kappa shape index (κ3) is 3.44. The molecule has 0 aromatic heterocycles. The van der Waals surface area contributed by atoms with Crippen LogP contribution in [0.3, 0.4) is 0 Å². The lowest BCUT2D eigenvalue weighted by molar-refractivity contribution is 0.0829. The predicted molar refractivity (Wildman–Crippen MR) is 79.3 cm³/mol. The van der Waals surface area contributed by atoms with Crippen molar-refractivity contribution in [3.8, 4) is 0 Å². The maximum Gasteiger partial charge on any atom is 0.166 e. The molecule has 2 unspecified atom stereocenters. The maximum atomic E-state index is 12.6. The monoisotopic (exact) mass is 259 g/mol. The molecule has 1 saturated carbocycles. The number of hydrogen-bond acceptors (Lipinski definition) is 2. The van der Waals surface area contributed by atoms with Crippen molar-refractivity contribution in [2.75, 3.05) is 6.54 Å². The lowest BCUT2D eigenvalue weighted by Gasteiger charge is -2.29. The summed E-state index contributed by atoms with van der Waals surface area (Å²) < 4.78 is 0. The molecule has 2 heteroatoms. The van der Waals surface area contributed by atoms with Gasteiger partial charge in [0.05, 0.1) is 0 Å². The van der Waals surface area contributed by atoms with E-state index >= 15 is 0 Å². The average molecular weight is 259 g/mol. The van der Waals surface area contributed by atoms with E-state index in [1.165, 1.54) is 18.4 Å². The molecule has 2 rings (SSSR count). The van der Waals surface area contributed by atoms with Gasteiger partial charge in [0.25, 0.3) is 0 Å². The number of carbonyl (C=O) groups is 1. The van der Waals surface area contributed by atoms with E-state index in [9.17, 15) is 4.79 Å². The number of ketones is 1. The molecule has 2 nitrogen and oxygen atoms in total. The van der Waals surface area contributed by atoms with Gasteiger partial charge in [-0.25, -0.2) is 0 Å². The molecule has 0 amide bonds. The van der Waals surface area contributed by atoms with Gasteiger partial charge in [0.2, 0.25) is 0 Å². The second-order valence-corrected chi connectivity index (χ2v) is 5.70. The first-order chi connectivity index (χ1) is 9.26. The summed E-state index contributed by atoms with van der Waals surface area (Å²) in [6.45, 7) is 2.82. The standard InChI is InChI=1S/C17H25NO/c1-2-5-13-8-10-14(11-9-13)17(19)16-7-4-3-6-15(16)12-18/h8-11,15-16H,2-7,12,18H2,1H3. The zero-order valence-electron chi connectivity index (χ0n) is 11.9. The number of aryl methyl sites for hydroxylation is 1. The highest BCUT2D eigenvalue weighted by atomic mass is 16.1. The summed E-state index contributed by atoms with van der Waals surface area (Å²) in [5.74, 6) is 0.838. The second-order valence-electron chi connectivity index (χ2n) is 5.70. The van der Waals surface area contributed by atoms with Crippen LogP contribution in [0.5, 0.6) is 0 Å². The molecule has 0 bridgehead atoms. The molecule has 1 aliphatic carbocycles. The van der Waals surface area contributed by atoms with Crippen molar-refractivity contribution in [3.05, 3.63) is 35.4 Å². The number of nitrogens with two attached hydrogens (primary N) is 1. The van der Waals surface area contributed by atoms with E-state index in [4.69, 9.17) is 5.73 Å². The molecule has 2 atom stereocenters. The average Bonchev–Trinajstić information content (AvgIpc) is 2.47. The van der Waals surface area contributed by atoms with Crippen LogP contribution in [0.15, 0.2) is 24.3 Å². The molecule has 19 heavy (non-hydrogen) atoms. The van der Waals surface area contributed by atoms with Crippen molar-refractivity contribution in [2.45, 2.75) is 45.4 Å². The Morgan fingerprint density at radius 3 is 2.53 bits per heavy atom. The van der Waals surface area contributed by atoms with E-state index in [0.29, 0.717) is 18.2 Å². The highest BCUT2D eigenvalue weighted by Gasteiger charge is 2.30. The Morgan fingerprint density at radius 1 is 1.21 bits per heavy atom. The maximum absolute atomic E-state index is 12.6. The Hall–Kier alpha value is -1.15. The minimum absolute atomic E-state index is 0.149. The van der Waals surface area contributed by atoms with Gasteiger partial charge in [0.15, 0.2) is 5.78 Å². The molecule has 1 aliphatic rings. The summed E-state index contributed by atoms with van der Waals surface area (Å²) in [7, 11) is 0. The van der Waals surface area contributed by atoms with Crippen molar-refractivity contribution < 1.29 is 4.79 Å². The number of Topliss-reactive ketones (excluding diaryl/α,β-unsaturated/α-hetero) is 1. The molecule has 0 radical (unpaired) electrons. The van der Waals surface area contributed by atoms with Crippen molar-refractivity contribution >= 4 is 5.78 Å². The fourth-order valence-corrected chi connectivity index (χ4v) is 3.17. The van der Waals surface area contributed by atoms with E-state index < -0.39 is 0 Å². The lowest BCUT2D eigenvalue weighted by atomic mass is 9.75. The van der Waals surface area contributed by atoms with Crippen LogP contribution in [0.4, 0.5) is 0 Å². The summed E-state index contributed by atoms with van der Waals surface area (Å²) in [5, 5.41) is 0. The molecule has 1 aromatic rings. The van der Waals surface area contributed by atoms with Crippen LogP contribution in [0.25, 0.3) is 0 Å². The largest absolute Gasteiger partial charge is 0.330 e. The molecule has 0 spiro atoms. The van der Waals surface area contributed by atoms with Crippen LogP contribution in [-0.4, -0.2) is 12.3 Å². The smallest absolute Gasteiger partial charge is 0.166 e. The van der Waals surface area contributed by atoms with Crippen LogP contribution in [0.1, 0.15) is 54.9 Å². The first kappa shape index (κ1) is 14.3. The predicted octanol–water partition coefficient (Wildman–Crippen LogP) is 3.59. The van der Waals surface area contributed by atoms with Gasteiger partial charge in [0.1, 0.15) is 0 Å². The second kappa shape index (κ2) is 6.85. The Balaban J connectivity index is 2.09. The zero-order chi connectivity index (χ0) is 13.7. The van der Waals surface area contributed by atoms with Gasteiger partial charge in [-0.15, -0.1) is 0 Å². The van der Waals surface area contributed by atoms with Crippen molar-refractivity contribution in [3.63, 3.8) is 0 Å². The molecule has 2 N–H and O–H groups in total. The molecule has 0 heterocycles. The van der Waals surface area contributed by atoms with E-state index in [0.717, 1.165) is 31.2 Å². The van der Waals surface area contributed by atoms with E-state index in [1.807, 2.05) is 12.1 Å². The first-order valence-corrected chi connectivity index (χ1v) is 7.59. The van der Waals surface area contributed by atoms with E-state index in [1.54, 1.807) is 0 Å². The highest BCUT2D eigenvalue weighted by Crippen LogP contribution is 2.32. The summed E-state index contributed by atoms with van der Waals surface area (Å²) in [5.41, 5.74) is 8.00. The number of rotatable bonds is 5. The summed E-state index contributed by atoms with van der Waals surface area (Å²) >= 11 is 0. The Bertz CT molecular complexity index is 410. The minimum atomic E-state index is 0.149. The zero-order valence-corrected chi connectivity index (χ0v) is 11.9. The van der Waals surface area contributed by atoms with Crippen LogP contribution in [0, 0.1) is 11.8 Å². The first-order valence-electron chi connectivity index (χ1n) is 7.59. The fourth-order valence-electron chi connectivity index (χ4n) is 3.17. The summed E-state index contributed by atoms with van der Waals surface area (Å²) in [6, 6.07) is 8.18. The van der Waals surface area contributed by atoms with Crippen LogP contribution in [-0.2, 0) is 6.42 Å². The quantitative estimate of drug-likeness (QED) is 0.821. The number of benzene rings is 1. The van der Waals surface area contributed by atoms with E-state index in [-0.39, 0.29) is 5.92 Å². The number of carbonyl (C=O) groups excluding carboxylic acids is 1. The van der Waals surface area contributed by atoms with Gasteiger partial charge in [-0.05, 0) is 37.3 Å². The van der Waals surface area contributed by atoms with Gasteiger partial charge in [0, 0.05) is 11.5 Å². The highest BCUT2D eigenvalue weighted by molar-refractivity contribution is 5.98. The van der Waals surface area contributed by atoms with Crippen LogP contribution < -0.4 is 5.73 Å². The molecular weight excluding hydrogens is 234 g/mol. The molecular formula is C17H25NO. The SMILES string of the molecule is CCCc1ccc(C(=O)C2CCCCC2CN)cc1. The minimum Gasteiger partial charge on any atom is -0.330 e. The topological polar surface area (TPSA) is 43.1 Å². The third-order valence-electron chi connectivity index (χ3n) is 4.33. The normalized spacial score (nSPS) is 23.3. The molecule has 0 saturated heterocycles. The fraction of sp³-hybridized carbons (Fsp3) is 0.588. The van der Waals surface area contributed by atoms with Gasteiger partial charge in [-0.1, -0.05) is 50.5 Å². The van der Waals surface area contributed by atoms with Crippen molar-refractivity contribution in [1.82, 2.24) is 0 Å². The van der Waals surface area contributed by atoms with Crippen molar-refractivity contribution in [1.29, 1.82) is 0 Å². The summed E-state index contributed by atoms with van der Waals surface area (Å²) in [6.07, 6.45) is 6.74. The van der Waals surface area contributed by atoms with Gasteiger partial charge in [-0.2, -0.15) is 0 Å². The molecule has 104 valence electrons. The van der Waals surface area contributed by atoms with Gasteiger partial charge in [-0.3, -0.25) is 4.79 Å². The lowest BCUT2D eigenvalue weighted by Crippen LogP contribution is -2.32. The molecule has 0 aliphatic heterocycles. The van der Waals surface area contributed by atoms with Gasteiger partial charge >= 0.3 is 0 Å². The Morgan fingerprint density at radius 2 is 1.89 bits per heavy atom. The molecule has 1 aromatic carbocycles. The molecule has 1 fully saturated rings. The van der Waals surface area contributed by atoms with Crippen LogP contribution >= 0.6 is 0 Å².